The Balaban J connectivity index is 1.64. The molecule has 164 valence electrons. The monoisotopic (exact) mass is 421 g/mol. The molecule has 0 atom stereocenters. The Hall–Kier alpha value is -2.86. The maximum absolute atomic E-state index is 13.0. The second-order valence-corrected chi connectivity index (χ2v) is 8.42. The fourth-order valence-corrected chi connectivity index (χ4v) is 3.87. The number of benzene rings is 2. The lowest BCUT2D eigenvalue weighted by atomic mass is 10.0. The second-order valence-electron chi connectivity index (χ2n) is 8.42. The molecule has 2 amide bonds. The van der Waals surface area contributed by atoms with Crippen LogP contribution < -0.4 is 15.4 Å². The van der Waals surface area contributed by atoms with Gasteiger partial charge in [-0.05, 0) is 49.8 Å². The number of ether oxygens (including phenoxy) is 1. The van der Waals surface area contributed by atoms with Crippen LogP contribution in [-0.4, -0.2) is 42.5 Å². The summed E-state index contributed by atoms with van der Waals surface area (Å²) >= 11 is 0. The highest BCUT2D eigenvalue weighted by molar-refractivity contribution is 5.96. The predicted octanol–water partition coefficient (Wildman–Crippen LogP) is 3.26. The molecule has 0 saturated heterocycles. The fraction of sp³-hybridized carbons (Fsp3) is 0.440. The number of fused-ring (bicyclic) bond motifs is 1. The molecule has 2 aromatic carbocycles. The molecular formula is C25H31N3O3. The Kier molecular flexibility index (Phi) is 7.20. The molecule has 1 fully saturated rings. The summed E-state index contributed by atoms with van der Waals surface area (Å²) in [4.78, 5) is 27.7. The number of hydrogen-bond donors (Lipinski definition) is 2. The summed E-state index contributed by atoms with van der Waals surface area (Å²) < 4.78 is 6.13. The molecule has 0 aromatic heterocycles. The molecule has 0 spiro atoms. The number of nitrogens with one attached hydrogen (secondary N) is 2. The molecule has 6 nitrogen and oxygen atoms in total. The van der Waals surface area contributed by atoms with E-state index in [0.717, 1.165) is 49.0 Å². The smallest absolute Gasteiger partial charge is 0.251 e. The van der Waals surface area contributed by atoms with Gasteiger partial charge < -0.3 is 15.4 Å². The molecule has 31 heavy (non-hydrogen) atoms. The third kappa shape index (κ3) is 6.31. The summed E-state index contributed by atoms with van der Waals surface area (Å²) in [5.74, 6) is 0.690. The van der Waals surface area contributed by atoms with E-state index in [4.69, 9.17) is 4.74 Å². The number of carbonyl (C=O) groups is 2. The minimum absolute atomic E-state index is 0.0116. The average molecular weight is 422 g/mol. The largest absolute Gasteiger partial charge is 0.493 e. The Morgan fingerprint density at radius 1 is 1.03 bits per heavy atom. The average Bonchev–Trinajstić information content (AvgIpc) is 3.57. The van der Waals surface area contributed by atoms with Crippen LogP contribution in [0.3, 0.4) is 0 Å². The SMILES string of the molecule is O=C1CN(Cc2ccccc2)Cc2c(cccc2C(=O)NC2CC2)OCCCCCN1. The van der Waals surface area contributed by atoms with Crippen molar-refractivity contribution in [2.24, 2.45) is 0 Å². The highest BCUT2D eigenvalue weighted by atomic mass is 16.5. The quantitative estimate of drug-likeness (QED) is 0.795. The molecule has 6 heteroatoms. The van der Waals surface area contributed by atoms with E-state index < -0.39 is 0 Å². The van der Waals surface area contributed by atoms with Gasteiger partial charge in [0.25, 0.3) is 5.91 Å². The van der Waals surface area contributed by atoms with E-state index in [2.05, 4.69) is 27.7 Å². The van der Waals surface area contributed by atoms with Crippen molar-refractivity contribution in [2.75, 3.05) is 19.7 Å². The lowest BCUT2D eigenvalue weighted by Crippen LogP contribution is -2.37. The molecule has 0 bridgehead atoms. The number of amides is 2. The minimum Gasteiger partial charge on any atom is -0.493 e. The van der Waals surface area contributed by atoms with E-state index in [9.17, 15) is 9.59 Å². The van der Waals surface area contributed by atoms with Gasteiger partial charge in [-0.2, -0.15) is 0 Å². The molecule has 1 saturated carbocycles. The zero-order chi connectivity index (χ0) is 21.5. The Morgan fingerprint density at radius 3 is 2.68 bits per heavy atom. The topological polar surface area (TPSA) is 70.7 Å². The van der Waals surface area contributed by atoms with Crippen molar-refractivity contribution >= 4 is 11.8 Å². The van der Waals surface area contributed by atoms with Crippen molar-refractivity contribution in [3.05, 3.63) is 65.2 Å². The van der Waals surface area contributed by atoms with Crippen LogP contribution in [0.25, 0.3) is 0 Å². The van der Waals surface area contributed by atoms with E-state index in [1.807, 2.05) is 36.4 Å². The molecule has 1 aliphatic heterocycles. The van der Waals surface area contributed by atoms with Gasteiger partial charge in [-0.3, -0.25) is 14.5 Å². The van der Waals surface area contributed by atoms with Gasteiger partial charge >= 0.3 is 0 Å². The molecule has 0 unspecified atom stereocenters. The second kappa shape index (κ2) is 10.4. The summed E-state index contributed by atoms with van der Waals surface area (Å²) in [6.45, 7) is 2.64. The molecule has 1 aliphatic carbocycles. The molecule has 2 N–H and O–H groups in total. The van der Waals surface area contributed by atoms with Crippen molar-refractivity contribution in [1.82, 2.24) is 15.5 Å². The van der Waals surface area contributed by atoms with Crippen molar-refractivity contribution in [1.29, 1.82) is 0 Å². The van der Waals surface area contributed by atoms with Gasteiger partial charge in [0.05, 0.1) is 13.2 Å². The van der Waals surface area contributed by atoms with Crippen LogP contribution in [0.4, 0.5) is 0 Å². The van der Waals surface area contributed by atoms with Crippen molar-refractivity contribution in [3.63, 3.8) is 0 Å². The summed E-state index contributed by atoms with van der Waals surface area (Å²) in [6.07, 6.45) is 4.92. The van der Waals surface area contributed by atoms with E-state index in [0.29, 0.717) is 31.8 Å². The van der Waals surface area contributed by atoms with Crippen LogP contribution in [0.15, 0.2) is 48.5 Å². The first-order valence-corrected chi connectivity index (χ1v) is 11.3. The minimum atomic E-state index is -0.0589. The van der Waals surface area contributed by atoms with Gasteiger partial charge in [-0.15, -0.1) is 0 Å². The van der Waals surface area contributed by atoms with Crippen LogP contribution in [0.5, 0.6) is 5.75 Å². The first kappa shape index (κ1) is 21.4. The normalized spacial score (nSPS) is 18.4. The van der Waals surface area contributed by atoms with E-state index in [-0.39, 0.29) is 24.4 Å². The van der Waals surface area contributed by atoms with Gasteiger partial charge in [-0.25, -0.2) is 0 Å². The number of nitrogens with zero attached hydrogens (tertiary/aromatic N) is 1. The van der Waals surface area contributed by atoms with Crippen LogP contribution in [0.2, 0.25) is 0 Å². The Labute approximate surface area is 184 Å². The number of rotatable bonds is 4. The van der Waals surface area contributed by atoms with Gasteiger partial charge in [0.1, 0.15) is 5.75 Å². The predicted molar refractivity (Wildman–Crippen MR) is 120 cm³/mol. The van der Waals surface area contributed by atoms with Gasteiger partial charge in [0.2, 0.25) is 5.91 Å². The summed E-state index contributed by atoms with van der Waals surface area (Å²) in [7, 11) is 0. The Morgan fingerprint density at radius 2 is 1.87 bits per heavy atom. The van der Waals surface area contributed by atoms with Gasteiger partial charge in [0.15, 0.2) is 0 Å². The van der Waals surface area contributed by atoms with Crippen molar-refractivity contribution in [2.45, 2.75) is 51.2 Å². The van der Waals surface area contributed by atoms with Crippen LogP contribution in [0, 0.1) is 0 Å². The summed E-state index contributed by atoms with van der Waals surface area (Å²) in [6, 6.07) is 16.1. The molecule has 2 aromatic rings. The molecule has 1 heterocycles. The van der Waals surface area contributed by atoms with E-state index >= 15 is 0 Å². The standard InChI is InChI=1S/C25H31N3O3/c29-24-18-28(16-19-8-3-1-4-9-19)17-22-21(25(30)27-20-12-13-20)10-7-11-23(22)31-15-6-2-5-14-26-24/h1,3-4,7-11,20H,2,5-6,12-18H2,(H,26,29)(H,27,30). The first-order chi connectivity index (χ1) is 15.2. The van der Waals surface area contributed by atoms with Crippen molar-refractivity contribution < 1.29 is 14.3 Å². The third-order valence-electron chi connectivity index (χ3n) is 5.69. The Bertz CT molecular complexity index is 896. The van der Waals surface area contributed by atoms with Crippen LogP contribution >= 0.6 is 0 Å². The molecule has 4 rings (SSSR count). The lowest BCUT2D eigenvalue weighted by Gasteiger charge is -2.24. The first-order valence-electron chi connectivity index (χ1n) is 11.3. The number of hydrogen-bond acceptors (Lipinski definition) is 4. The summed E-state index contributed by atoms with van der Waals surface area (Å²) in [5, 5.41) is 6.13. The highest BCUT2D eigenvalue weighted by Crippen LogP contribution is 2.27. The van der Waals surface area contributed by atoms with Gasteiger partial charge in [-0.1, -0.05) is 36.4 Å². The maximum atomic E-state index is 13.0. The fourth-order valence-electron chi connectivity index (χ4n) is 3.87. The maximum Gasteiger partial charge on any atom is 0.251 e. The van der Waals surface area contributed by atoms with E-state index in [1.54, 1.807) is 0 Å². The third-order valence-corrected chi connectivity index (χ3v) is 5.69. The lowest BCUT2D eigenvalue weighted by molar-refractivity contribution is -0.122. The summed E-state index contributed by atoms with van der Waals surface area (Å²) in [5.41, 5.74) is 2.61. The zero-order valence-corrected chi connectivity index (χ0v) is 17.9. The van der Waals surface area contributed by atoms with Gasteiger partial charge in [0, 0.05) is 36.8 Å². The van der Waals surface area contributed by atoms with Crippen molar-refractivity contribution in [3.8, 4) is 5.75 Å². The molecular weight excluding hydrogens is 390 g/mol. The van der Waals surface area contributed by atoms with E-state index in [1.165, 1.54) is 0 Å². The van der Waals surface area contributed by atoms with Crippen LogP contribution in [-0.2, 0) is 17.9 Å². The molecule has 0 radical (unpaired) electrons. The highest BCUT2D eigenvalue weighted by Gasteiger charge is 2.26. The van der Waals surface area contributed by atoms with Crippen LogP contribution in [0.1, 0.15) is 53.6 Å². The number of carbonyl (C=O) groups excluding carboxylic acids is 2. The molecule has 2 aliphatic rings. The zero-order valence-electron chi connectivity index (χ0n) is 17.9.